The van der Waals surface area contributed by atoms with Crippen LogP contribution in [0.5, 0.6) is 0 Å². The lowest BCUT2D eigenvalue weighted by atomic mass is 9.43. The van der Waals surface area contributed by atoms with Gasteiger partial charge in [-0.25, -0.2) is 0 Å². The number of furan rings is 1. The molecule has 5 heterocycles. The Morgan fingerprint density at radius 1 is 0.625 bits per heavy atom. The van der Waals surface area contributed by atoms with E-state index >= 15 is 0 Å². The molecule has 0 radical (unpaired) electrons. The van der Waals surface area contributed by atoms with Crippen molar-refractivity contribution in [2.24, 2.45) is 0 Å². The summed E-state index contributed by atoms with van der Waals surface area (Å²) in [6.07, 6.45) is 2.35. The van der Waals surface area contributed by atoms with Gasteiger partial charge in [-0.15, -0.1) is 11.3 Å². The molecule has 0 atom stereocenters. The van der Waals surface area contributed by atoms with E-state index in [9.17, 15) is 0 Å². The smallest absolute Gasteiger partial charge is 0.333 e. The molecule has 2 aliphatic heterocycles. The maximum atomic E-state index is 6.78. The summed E-state index contributed by atoms with van der Waals surface area (Å²) in [5.74, 6) is 0. The predicted octanol–water partition coefficient (Wildman–Crippen LogP) is 15.5. The highest BCUT2D eigenvalue weighted by molar-refractivity contribution is 7.26. The number of aryl methyl sites for hydroxylation is 1. The van der Waals surface area contributed by atoms with Crippen LogP contribution in [-0.4, -0.2) is 11.4 Å². The van der Waals surface area contributed by atoms with E-state index in [0.29, 0.717) is 0 Å². The Kier molecular flexibility index (Phi) is 7.44. The molecule has 0 saturated heterocycles. The van der Waals surface area contributed by atoms with E-state index in [2.05, 4.69) is 195 Å². The molecule has 3 aromatic heterocycles. The number of nitrogens with zero attached hydrogens (tertiary/aromatic N) is 2. The lowest BCUT2D eigenvalue weighted by molar-refractivity contribution is 0.332. The first kappa shape index (κ1) is 38.7. The van der Waals surface area contributed by atoms with Gasteiger partial charge in [-0.3, -0.25) is 0 Å². The van der Waals surface area contributed by atoms with Crippen LogP contribution in [0.15, 0.2) is 114 Å². The molecule has 316 valence electrons. The number of hydrogen-bond acceptors (Lipinski definition) is 3. The largest absolute Gasteiger partial charge is 0.456 e. The summed E-state index contributed by atoms with van der Waals surface area (Å²) in [6.45, 7) is 26.3. The standard InChI is InChI=1S/C59H55BN2OS/c1-32-26-41-42(59(10,11)25-24-58(41,8)9)31-46(32)62-45-22-23-48-51(36-17-12-14-18-47(36)63-48)50(45)40-30-39-35-16-13-15-19-49(35)64-55(39)54-52(40)60(62)43-29-34(57(5,6)7)28-38-37-27-33(56(2,3)4)20-21-44(37)61(54)53(38)43/h12-23,26-31H,24-25H2,1-11H3. The van der Waals surface area contributed by atoms with Crippen molar-refractivity contribution in [1.29, 1.82) is 0 Å². The molecule has 0 unspecified atom stereocenters. The summed E-state index contributed by atoms with van der Waals surface area (Å²) in [7, 11) is 0. The van der Waals surface area contributed by atoms with Gasteiger partial charge >= 0.3 is 6.85 Å². The highest BCUT2D eigenvalue weighted by Crippen LogP contribution is 2.55. The van der Waals surface area contributed by atoms with Gasteiger partial charge in [-0.05, 0) is 140 Å². The van der Waals surface area contributed by atoms with Crippen LogP contribution < -0.4 is 15.7 Å². The fraction of sp³-hybridized carbons (Fsp3) is 0.288. The van der Waals surface area contributed by atoms with Gasteiger partial charge < -0.3 is 13.8 Å². The van der Waals surface area contributed by atoms with Gasteiger partial charge in [0.25, 0.3) is 0 Å². The monoisotopic (exact) mass is 850 g/mol. The van der Waals surface area contributed by atoms with Gasteiger partial charge in [-0.2, -0.15) is 0 Å². The number of benzene rings is 7. The van der Waals surface area contributed by atoms with Crippen LogP contribution in [0.25, 0.3) is 80.7 Å². The summed E-state index contributed by atoms with van der Waals surface area (Å²) in [5.41, 5.74) is 20.8. The zero-order chi connectivity index (χ0) is 44.1. The highest BCUT2D eigenvalue weighted by Gasteiger charge is 2.48. The maximum Gasteiger partial charge on any atom is 0.333 e. The van der Waals surface area contributed by atoms with Crippen LogP contribution in [0.4, 0.5) is 11.4 Å². The minimum Gasteiger partial charge on any atom is -0.456 e. The third-order valence-electron chi connectivity index (χ3n) is 15.8. The summed E-state index contributed by atoms with van der Waals surface area (Å²) >= 11 is 1.96. The minimum atomic E-state index is -0.0945. The number of para-hydroxylation sites is 1. The molecule has 0 spiro atoms. The molecule has 5 heteroatoms. The van der Waals surface area contributed by atoms with E-state index < -0.39 is 0 Å². The Bertz CT molecular complexity index is 3730. The molecule has 64 heavy (non-hydrogen) atoms. The molecule has 0 saturated carbocycles. The van der Waals surface area contributed by atoms with Crippen molar-refractivity contribution in [3.05, 3.63) is 137 Å². The molecule has 13 rings (SSSR count). The average molecular weight is 851 g/mol. The quantitative estimate of drug-likeness (QED) is 0.153. The normalized spacial score (nSPS) is 16.4. The van der Waals surface area contributed by atoms with Crippen LogP contribution in [0, 0.1) is 6.92 Å². The number of thiophene rings is 1. The zero-order valence-electron chi connectivity index (χ0n) is 39.1. The lowest BCUT2D eigenvalue weighted by Gasteiger charge is -2.46. The summed E-state index contributed by atoms with van der Waals surface area (Å²) in [6, 6.07) is 42.6. The van der Waals surface area contributed by atoms with Gasteiger partial charge in [0.05, 0.1) is 21.4 Å². The van der Waals surface area contributed by atoms with Crippen molar-refractivity contribution >= 4 is 104 Å². The molecule has 0 bridgehead atoms. The molecule has 10 aromatic rings. The number of rotatable bonds is 1. The number of hydrogen-bond donors (Lipinski definition) is 0. The Morgan fingerprint density at radius 3 is 2.06 bits per heavy atom. The molecular weight excluding hydrogens is 796 g/mol. The molecule has 0 fully saturated rings. The van der Waals surface area contributed by atoms with E-state index in [-0.39, 0.29) is 28.5 Å². The fourth-order valence-corrected chi connectivity index (χ4v) is 13.4. The Labute approximate surface area is 380 Å². The second kappa shape index (κ2) is 12.3. The van der Waals surface area contributed by atoms with Crippen molar-refractivity contribution < 1.29 is 4.42 Å². The first-order valence-corrected chi connectivity index (χ1v) is 24.2. The van der Waals surface area contributed by atoms with E-state index in [1.54, 1.807) is 0 Å². The molecule has 7 aromatic carbocycles. The van der Waals surface area contributed by atoms with Crippen LogP contribution in [0.1, 0.15) is 110 Å². The van der Waals surface area contributed by atoms with Crippen molar-refractivity contribution in [2.45, 2.75) is 111 Å². The SMILES string of the molecule is Cc1cc2c(cc1N1B3c4c(cc5c(sc6ccccc65)c4-n4c5ccc(C(C)(C)C)cc5c5cc(C(C)(C)C)cc3c54)-c3c1ccc1oc4ccccc4c31)C(C)(C)CCC2(C)C. The van der Waals surface area contributed by atoms with Crippen LogP contribution in [0.2, 0.25) is 0 Å². The van der Waals surface area contributed by atoms with Gasteiger partial charge in [0.1, 0.15) is 11.2 Å². The van der Waals surface area contributed by atoms with Gasteiger partial charge in [0, 0.05) is 54.0 Å². The lowest BCUT2D eigenvalue weighted by Crippen LogP contribution is -2.61. The second-order valence-electron chi connectivity index (χ2n) is 22.8. The van der Waals surface area contributed by atoms with E-state index in [0.717, 1.165) is 16.6 Å². The molecule has 0 amide bonds. The van der Waals surface area contributed by atoms with E-state index in [1.165, 1.54) is 127 Å². The first-order chi connectivity index (χ1) is 30.4. The van der Waals surface area contributed by atoms with Crippen LogP contribution >= 0.6 is 11.3 Å². The number of anilines is 2. The number of fused-ring (bicyclic) bond motifs is 16. The minimum absolute atomic E-state index is 0.00599. The number of aromatic nitrogens is 1. The Hall–Kier alpha value is -5.78. The Balaban J connectivity index is 1.28. The third-order valence-corrected chi connectivity index (χ3v) is 17.0. The maximum absolute atomic E-state index is 6.78. The summed E-state index contributed by atoms with van der Waals surface area (Å²) < 4.78 is 12.2. The van der Waals surface area contributed by atoms with Crippen LogP contribution in [0.3, 0.4) is 0 Å². The van der Waals surface area contributed by atoms with Gasteiger partial charge in [0.15, 0.2) is 0 Å². The summed E-state index contributed by atoms with van der Waals surface area (Å²) in [5, 5.41) is 7.68. The Morgan fingerprint density at radius 2 is 1.31 bits per heavy atom. The molecule has 1 aliphatic carbocycles. The topological polar surface area (TPSA) is 21.3 Å². The fourth-order valence-electron chi connectivity index (χ4n) is 12.2. The first-order valence-electron chi connectivity index (χ1n) is 23.4. The second-order valence-corrected chi connectivity index (χ2v) is 23.9. The zero-order valence-corrected chi connectivity index (χ0v) is 39.9. The molecule has 0 N–H and O–H groups in total. The van der Waals surface area contributed by atoms with Crippen molar-refractivity contribution in [3.63, 3.8) is 0 Å². The summed E-state index contributed by atoms with van der Waals surface area (Å²) in [4.78, 5) is 2.79. The molecule has 3 nitrogen and oxygen atoms in total. The van der Waals surface area contributed by atoms with Crippen molar-refractivity contribution in [2.75, 3.05) is 4.81 Å². The van der Waals surface area contributed by atoms with Gasteiger partial charge in [0.2, 0.25) is 0 Å². The molecular formula is C59H55BN2OS. The van der Waals surface area contributed by atoms with Crippen LogP contribution in [-0.2, 0) is 21.7 Å². The van der Waals surface area contributed by atoms with Gasteiger partial charge in [-0.1, -0.05) is 124 Å². The van der Waals surface area contributed by atoms with Crippen molar-refractivity contribution in [1.82, 2.24) is 4.57 Å². The highest BCUT2D eigenvalue weighted by atomic mass is 32.1. The van der Waals surface area contributed by atoms with E-state index in [1.807, 2.05) is 11.3 Å². The van der Waals surface area contributed by atoms with Crippen molar-refractivity contribution in [3.8, 4) is 16.8 Å². The predicted molar refractivity (Wildman–Crippen MR) is 277 cm³/mol. The van der Waals surface area contributed by atoms with E-state index in [4.69, 9.17) is 4.42 Å². The average Bonchev–Trinajstić information content (AvgIpc) is 3.93. The molecule has 3 aliphatic rings. The third kappa shape index (κ3) is 5.00.